The summed E-state index contributed by atoms with van der Waals surface area (Å²) in [7, 11) is 1.63. The largest absolute Gasteiger partial charge is 0.497 e. The maximum atomic E-state index is 12.8. The first-order valence-corrected chi connectivity index (χ1v) is 9.43. The Morgan fingerprint density at radius 1 is 1.15 bits per heavy atom. The monoisotopic (exact) mass is 373 g/mol. The molecule has 1 aromatic carbocycles. The molecule has 3 rings (SSSR count). The van der Waals surface area contributed by atoms with E-state index in [9.17, 15) is 14.4 Å². The predicted octanol–water partition coefficient (Wildman–Crippen LogP) is 0.777. The molecule has 0 radical (unpaired) electrons. The number of hydrogen-bond acceptors (Lipinski definition) is 4. The number of amides is 3. The number of piperazine rings is 1. The zero-order valence-electron chi connectivity index (χ0n) is 16.0. The van der Waals surface area contributed by atoms with Crippen molar-refractivity contribution in [3.05, 3.63) is 29.8 Å². The number of carbonyl (C=O) groups excluding carboxylic acids is 3. The van der Waals surface area contributed by atoms with E-state index in [0.717, 1.165) is 17.7 Å². The standard InChI is InChI=1S/C20H27N3O4/c1-15(24)21-8-10-22(11-9-21)20(26)17-13-19(25)23(14-17)7-6-16-4-3-5-18(12-16)27-2/h3-5,12,17H,6-11,13-14H2,1-2H3. The van der Waals surface area contributed by atoms with Crippen LogP contribution in [0.3, 0.4) is 0 Å². The lowest BCUT2D eigenvalue weighted by molar-refractivity contribution is -0.141. The summed E-state index contributed by atoms with van der Waals surface area (Å²) in [6, 6.07) is 7.82. The van der Waals surface area contributed by atoms with E-state index < -0.39 is 0 Å². The van der Waals surface area contributed by atoms with Gasteiger partial charge < -0.3 is 19.4 Å². The van der Waals surface area contributed by atoms with Gasteiger partial charge in [-0.05, 0) is 24.1 Å². The third-order valence-corrected chi connectivity index (χ3v) is 5.40. The van der Waals surface area contributed by atoms with Gasteiger partial charge in [0, 0.05) is 52.6 Å². The van der Waals surface area contributed by atoms with Crippen molar-refractivity contribution in [3.8, 4) is 5.75 Å². The van der Waals surface area contributed by atoms with Gasteiger partial charge in [0.15, 0.2) is 0 Å². The van der Waals surface area contributed by atoms with Crippen LogP contribution in [0.4, 0.5) is 0 Å². The van der Waals surface area contributed by atoms with Crippen LogP contribution in [0, 0.1) is 5.92 Å². The maximum Gasteiger partial charge on any atom is 0.228 e. The van der Waals surface area contributed by atoms with E-state index in [4.69, 9.17) is 4.74 Å². The van der Waals surface area contributed by atoms with Crippen LogP contribution in [-0.2, 0) is 20.8 Å². The van der Waals surface area contributed by atoms with E-state index in [0.29, 0.717) is 39.3 Å². The van der Waals surface area contributed by atoms with Crippen LogP contribution in [0.5, 0.6) is 5.75 Å². The van der Waals surface area contributed by atoms with Gasteiger partial charge in [0.1, 0.15) is 5.75 Å². The first-order valence-electron chi connectivity index (χ1n) is 9.43. The Balaban J connectivity index is 1.51. The minimum absolute atomic E-state index is 0.0374. The van der Waals surface area contributed by atoms with Gasteiger partial charge in [-0.1, -0.05) is 12.1 Å². The van der Waals surface area contributed by atoms with Crippen molar-refractivity contribution in [2.75, 3.05) is 46.4 Å². The molecule has 2 saturated heterocycles. The Morgan fingerprint density at radius 3 is 2.52 bits per heavy atom. The van der Waals surface area contributed by atoms with Gasteiger partial charge in [-0.2, -0.15) is 0 Å². The van der Waals surface area contributed by atoms with E-state index in [1.54, 1.807) is 28.7 Å². The molecule has 2 fully saturated rings. The summed E-state index contributed by atoms with van der Waals surface area (Å²) in [5, 5.41) is 0. The predicted molar refractivity (Wildman–Crippen MR) is 100 cm³/mol. The number of ether oxygens (including phenoxy) is 1. The molecule has 0 saturated carbocycles. The number of methoxy groups -OCH3 is 1. The van der Waals surface area contributed by atoms with Crippen molar-refractivity contribution in [1.82, 2.24) is 14.7 Å². The number of hydrogen-bond donors (Lipinski definition) is 0. The van der Waals surface area contributed by atoms with Crippen LogP contribution in [0.15, 0.2) is 24.3 Å². The number of rotatable bonds is 5. The summed E-state index contributed by atoms with van der Waals surface area (Å²) >= 11 is 0. The van der Waals surface area contributed by atoms with E-state index in [-0.39, 0.29) is 30.1 Å². The molecule has 2 aliphatic rings. The Kier molecular flexibility index (Phi) is 5.98. The normalized spacial score (nSPS) is 20.1. The molecule has 0 aromatic heterocycles. The van der Waals surface area contributed by atoms with Crippen molar-refractivity contribution < 1.29 is 19.1 Å². The summed E-state index contributed by atoms with van der Waals surface area (Å²) in [6.45, 7) is 4.87. The molecule has 3 amide bonds. The average molecular weight is 373 g/mol. The molecule has 146 valence electrons. The van der Waals surface area contributed by atoms with E-state index in [2.05, 4.69) is 0 Å². The van der Waals surface area contributed by atoms with Crippen molar-refractivity contribution in [3.63, 3.8) is 0 Å². The van der Waals surface area contributed by atoms with Crippen LogP contribution >= 0.6 is 0 Å². The molecule has 0 spiro atoms. The highest BCUT2D eigenvalue weighted by Crippen LogP contribution is 2.22. The Bertz CT molecular complexity index is 713. The van der Waals surface area contributed by atoms with Gasteiger partial charge in [0.2, 0.25) is 17.7 Å². The topological polar surface area (TPSA) is 70.2 Å². The van der Waals surface area contributed by atoms with Crippen LogP contribution < -0.4 is 4.74 Å². The molecular formula is C20H27N3O4. The highest BCUT2D eigenvalue weighted by atomic mass is 16.5. The molecule has 1 aromatic rings. The first kappa shape index (κ1) is 19.2. The molecule has 1 atom stereocenters. The fourth-order valence-corrected chi connectivity index (χ4v) is 3.75. The first-order chi connectivity index (χ1) is 13.0. The van der Waals surface area contributed by atoms with Gasteiger partial charge in [0.05, 0.1) is 13.0 Å². The average Bonchev–Trinajstić information content (AvgIpc) is 3.06. The molecule has 2 aliphatic heterocycles. The van der Waals surface area contributed by atoms with Crippen molar-refractivity contribution >= 4 is 17.7 Å². The molecule has 2 heterocycles. The van der Waals surface area contributed by atoms with Crippen molar-refractivity contribution in [2.45, 2.75) is 19.8 Å². The highest BCUT2D eigenvalue weighted by Gasteiger charge is 2.37. The lowest BCUT2D eigenvalue weighted by Crippen LogP contribution is -2.51. The third-order valence-electron chi connectivity index (χ3n) is 5.40. The smallest absolute Gasteiger partial charge is 0.228 e. The molecule has 0 aliphatic carbocycles. The SMILES string of the molecule is COc1cccc(CCN2CC(C(=O)N3CCN(C(C)=O)CC3)CC2=O)c1. The summed E-state index contributed by atoms with van der Waals surface area (Å²) in [5.41, 5.74) is 1.11. The minimum Gasteiger partial charge on any atom is -0.497 e. The van der Waals surface area contributed by atoms with E-state index >= 15 is 0 Å². The number of nitrogens with zero attached hydrogens (tertiary/aromatic N) is 3. The second kappa shape index (κ2) is 8.41. The van der Waals surface area contributed by atoms with Crippen LogP contribution in [0.1, 0.15) is 18.9 Å². The molecule has 27 heavy (non-hydrogen) atoms. The third kappa shape index (κ3) is 4.59. The number of carbonyl (C=O) groups is 3. The van der Waals surface area contributed by atoms with Crippen molar-refractivity contribution in [1.29, 1.82) is 0 Å². The highest BCUT2D eigenvalue weighted by molar-refractivity contribution is 5.89. The maximum absolute atomic E-state index is 12.8. The van der Waals surface area contributed by atoms with Gasteiger partial charge in [-0.3, -0.25) is 14.4 Å². The second-order valence-corrected chi connectivity index (χ2v) is 7.17. The number of likely N-dealkylation sites (tertiary alicyclic amines) is 1. The quantitative estimate of drug-likeness (QED) is 0.765. The summed E-state index contributed by atoms with van der Waals surface area (Å²) in [6.07, 6.45) is 1.02. The Hall–Kier alpha value is -2.57. The Morgan fingerprint density at radius 2 is 1.85 bits per heavy atom. The summed E-state index contributed by atoms with van der Waals surface area (Å²) in [4.78, 5) is 41.8. The lowest BCUT2D eigenvalue weighted by atomic mass is 10.1. The molecule has 7 heteroatoms. The zero-order valence-corrected chi connectivity index (χ0v) is 16.0. The van der Waals surface area contributed by atoms with E-state index in [1.165, 1.54) is 0 Å². The van der Waals surface area contributed by atoms with Crippen LogP contribution in [0.25, 0.3) is 0 Å². The molecule has 0 N–H and O–H groups in total. The van der Waals surface area contributed by atoms with Crippen LogP contribution in [0.2, 0.25) is 0 Å². The zero-order chi connectivity index (χ0) is 19.4. The fourth-order valence-electron chi connectivity index (χ4n) is 3.75. The lowest BCUT2D eigenvalue weighted by Gasteiger charge is -2.35. The minimum atomic E-state index is -0.272. The molecule has 0 bridgehead atoms. The van der Waals surface area contributed by atoms with Gasteiger partial charge in [0.25, 0.3) is 0 Å². The second-order valence-electron chi connectivity index (χ2n) is 7.17. The van der Waals surface area contributed by atoms with Crippen LogP contribution in [-0.4, -0.2) is 78.8 Å². The number of benzene rings is 1. The van der Waals surface area contributed by atoms with Gasteiger partial charge in [-0.15, -0.1) is 0 Å². The summed E-state index contributed by atoms with van der Waals surface area (Å²) in [5.74, 6) is 0.653. The van der Waals surface area contributed by atoms with Gasteiger partial charge >= 0.3 is 0 Å². The van der Waals surface area contributed by atoms with E-state index in [1.807, 2.05) is 24.3 Å². The molecule has 1 unspecified atom stereocenters. The van der Waals surface area contributed by atoms with Gasteiger partial charge in [-0.25, -0.2) is 0 Å². The summed E-state index contributed by atoms with van der Waals surface area (Å²) < 4.78 is 5.23. The Labute approximate surface area is 159 Å². The fraction of sp³-hybridized carbons (Fsp3) is 0.550. The van der Waals surface area contributed by atoms with Crippen molar-refractivity contribution in [2.24, 2.45) is 5.92 Å². The molecule has 7 nitrogen and oxygen atoms in total. The molecular weight excluding hydrogens is 346 g/mol.